The van der Waals surface area contributed by atoms with Gasteiger partial charge in [0, 0.05) is 6.07 Å². The number of rotatable bonds is 4. The van der Waals surface area contributed by atoms with Crippen LogP contribution in [0, 0.1) is 11.6 Å². The molecular formula is C15H11F2N5O3. The van der Waals surface area contributed by atoms with Gasteiger partial charge in [0.05, 0.1) is 0 Å². The van der Waals surface area contributed by atoms with Gasteiger partial charge in [0.15, 0.2) is 34.6 Å². The number of fused-ring (bicyclic) bond motifs is 1. The summed E-state index contributed by atoms with van der Waals surface area (Å²) in [7, 11) is 0. The highest BCUT2D eigenvalue weighted by atomic mass is 19.1. The largest absolute Gasteiger partial charge is 0.297 e. The van der Waals surface area contributed by atoms with Gasteiger partial charge in [-0.3, -0.25) is 19.0 Å². The van der Waals surface area contributed by atoms with Gasteiger partial charge in [0.1, 0.15) is 17.8 Å². The third-order valence-electron chi connectivity index (χ3n) is 3.57. The van der Waals surface area contributed by atoms with E-state index in [0.717, 1.165) is 27.7 Å². The molecular weight excluding hydrogens is 336 g/mol. The minimum absolute atomic E-state index is 0.0855. The van der Waals surface area contributed by atoms with Crippen molar-refractivity contribution >= 4 is 22.7 Å². The Bertz CT molecular complexity index is 1060. The molecule has 0 aliphatic heterocycles. The lowest BCUT2D eigenvalue weighted by molar-refractivity contribution is -0.129. The van der Waals surface area contributed by atoms with Crippen LogP contribution in [-0.2, 0) is 9.59 Å². The minimum Gasteiger partial charge on any atom is -0.297 e. The highest BCUT2D eigenvalue weighted by molar-refractivity contribution is 6.02. The molecule has 0 N–H and O–H groups in total. The van der Waals surface area contributed by atoms with E-state index in [9.17, 15) is 23.2 Å². The molecule has 10 heteroatoms. The minimum atomic E-state index is -1.32. The van der Waals surface area contributed by atoms with E-state index < -0.39 is 34.8 Å². The summed E-state index contributed by atoms with van der Waals surface area (Å²) in [5.41, 5.74) is -1.26. The number of Topliss-reactive ketones (excluding diaryl/α,β-unsaturated/α-hetero) is 2. The van der Waals surface area contributed by atoms with Crippen LogP contribution in [0.3, 0.4) is 0 Å². The fraction of sp³-hybridized carbons (Fsp3) is 0.200. The van der Waals surface area contributed by atoms with Gasteiger partial charge >= 0.3 is 0 Å². The van der Waals surface area contributed by atoms with Gasteiger partial charge in [-0.25, -0.2) is 13.8 Å². The fourth-order valence-electron chi connectivity index (χ4n) is 2.50. The van der Waals surface area contributed by atoms with Crippen LogP contribution in [0.2, 0.25) is 0 Å². The Kier molecular flexibility index (Phi) is 3.95. The van der Waals surface area contributed by atoms with Crippen molar-refractivity contribution in [1.82, 2.24) is 24.5 Å². The van der Waals surface area contributed by atoms with Gasteiger partial charge in [-0.1, -0.05) is 5.21 Å². The zero-order chi connectivity index (χ0) is 18.3. The summed E-state index contributed by atoms with van der Waals surface area (Å²) in [4.78, 5) is 39.8. The SMILES string of the molecule is CC(=O)C(C(C)=O)n1cnc2c(nnn2-c2ccc(F)cc2F)c1=O. The second kappa shape index (κ2) is 5.96. The second-order valence-corrected chi connectivity index (χ2v) is 5.35. The Morgan fingerprint density at radius 2 is 1.84 bits per heavy atom. The molecule has 0 bridgehead atoms. The maximum Gasteiger partial charge on any atom is 0.284 e. The highest BCUT2D eigenvalue weighted by Crippen LogP contribution is 2.17. The third kappa shape index (κ3) is 2.71. The number of aromatic nitrogens is 5. The third-order valence-corrected chi connectivity index (χ3v) is 3.57. The Labute approximate surface area is 138 Å². The van der Waals surface area contributed by atoms with Crippen LogP contribution in [0.4, 0.5) is 8.78 Å². The average molecular weight is 347 g/mol. The van der Waals surface area contributed by atoms with Crippen molar-refractivity contribution in [1.29, 1.82) is 0 Å². The number of carbonyl (C=O) groups excluding carboxylic acids is 2. The number of nitrogens with zero attached hydrogens (tertiary/aromatic N) is 5. The quantitative estimate of drug-likeness (QED) is 0.652. The van der Waals surface area contributed by atoms with E-state index in [1.165, 1.54) is 13.8 Å². The first kappa shape index (κ1) is 16.6. The van der Waals surface area contributed by atoms with Gasteiger partial charge in [-0.15, -0.1) is 5.10 Å². The highest BCUT2D eigenvalue weighted by Gasteiger charge is 2.25. The Balaban J connectivity index is 2.22. The molecule has 0 unspecified atom stereocenters. The lowest BCUT2D eigenvalue weighted by Gasteiger charge is -2.12. The molecule has 2 aromatic heterocycles. The average Bonchev–Trinajstić information content (AvgIpc) is 2.94. The topological polar surface area (TPSA) is 99.7 Å². The van der Waals surface area contributed by atoms with Crippen LogP contribution in [0.25, 0.3) is 16.9 Å². The maximum atomic E-state index is 13.9. The molecule has 2 heterocycles. The molecule has 0 amide bonds. The summed E-state index contributed by atoms with van der Waals surface area (Å²) < 4.78 is 28.8. The summed E-state index contributed by atoms with van der Waals surface area (Å²) in [6, 6.07) is 1.48. The summed E-state index contributed by atoms with van der Waals surface area (Å²) in [5, 5.41) is 7.32. The normalized spacial score (nSPS) is 11.2. The summed E-state index contributed by atoms with van der Waals surface area (Å²) in [6.07, 6.45) is 0.999. The molecule has 8 nitrogen and oxygen atoms in total. The molecule has 1 aromatic carbocycles. The molecule has 0 saturated heterocycles. The number of carbonyl (C=O) groups is 2. The Hall–Kier alpha value is -3.30. The molecule has 25 heavy (non-hydrogen) atoms. The van der Waals surface area contributed by atoms with Gasteiger partial charge in [-0.05, 0) is 26.0 Å². The van der Waals surface area contributed by atoms with Crippen molar-refractivity contribution in [2.45, 2.75) is 19.9 Å². The van der Waals surface area contributed by atoms with E-state index in [0.29, 0.717) is 6.07 Å². The number of halogens is 2. The number of hydrogen-bond acceptors (Lipinski definition) is 6. The van der Waals surface area contributed by atoms with Crippen molar-refractivity contribution in [2.24, 2.45) is 0 Å². The van der Waals surface area contributed by atoms with Crippen LogP contribution >= 0.6 is 0 Å². The number of hydrogen-bond donors (Lipinski definition) is 0. The first-order valence-electron chi connectivity index (χ1n) is 7.10. The predicted octanol–water partition coefficient (Wildman–Crippen LogP) is 0.974. The first-order valence-corrected chi connectivity index (χ1v) is 7.10. The summed E-state index contributed by atoms with van der Waals surface area (Å²) >= 11 is 0. The predicted molar refractivity (Wildman–Crippen MR) is 81.2 cm³/mol. The van der Waals surface area contributed by atoms with Crippen LogP contribution in [0.1, 0.15) is 19.9 Å². The first-order chi connectivity index (χ1) is 11.8. The van der Waals surface area contributed by atoms with E-state index >= 15 is 0 Å². The van der Waals surface area contributed by atoms with Gasteiger partial charge in [-0.2, -0.15) is 4.68 Å². The molecule has 0 radical (unpaired) electrons. The molecule has 0 fully saturated rings. The van der Waals surface area contributed by atoms with Crippen molar-refractivity contribution in [2.75, 3.05) is 0 Å². The number of benzene rings is 1. The second-order valence-electron chi connectivity index (χ2n) is 5.35. The molecule has 0 aliphatic carbocycles. The summed E-state index contributed by atoms with van der Waals surface area (Å²) in [5.74, 6) is -2.75. The molecule has 3 rings (SSSR count). The zero-order valence-corrected chi connectivity index (χ0v) is 13.1. The van der Waals surface area contributed by atoms with E-state index in [1.807, 2.05) is 0 Å². The number of ketones is 2. The lowest BCUT2D eigenvalue weighted by Crippen LogP contribution is -2.33. The van der Waals surface area contributed by atoms with Crippen LogP contribution in [-0.4, -0.2) is 36.1 Å². The van der Waals surface area contributed by atoms with E-state index in [-0.39, 0.29) is 16.9 Å². The van der Waals surface area contributed by atoms with Gasteiger partial charge in [0.25, 0.3) is 5.56 Å². The monoisotopic (exact) mass is 347 g/mol. The fourth-order valence-corrected chi connectivity index (χ4v) is 2.50. The van der Waals surface area contributed by atoms with Crippen molar-refractivity contribution in [3.63, 3.8) is 0 Å². The van der Waals surface area contributed by atoms with Crippen LogP contribution in [0.5, 0.6) is 0 Å². The van der Waals surface area contributed by atoms with Crippen molar-refractivity contribution < 1.29 is 18.4 Å². The molecule has 128 valence electrons. The molecule has 0 spiro atoms. The zero-order valence-electron chi connectivity index (χ0n) is 13.1. The van der Waals surface area contributed by atoms with Crippen LogP contribution in [0.15, 0.2) is 29.3 Å². The molecule has 0 atom stereocenters. The van der Waals surface area contributed by atoms with Crippen LogP contribution < -0.4 is 5.56 Å². The standard InChI is InChI=1S/C15H11F2N5O3/c1-7(23)13(8(2)24)21-6-18-14-12(15(21)25)19-20-22(14)11-4-3-9(16)5-10(11)17/h3-6,13H,1-2H3. The molecule has 3 aromatic rings. The lowest BCUT2D eigenvalue weighted by atomic mass is 10.1. The smallest absolute Gasteiger partial charge is 0.284 e. The van der Waals surface area contributed by atoms with E-state index in [4.69, 9.17) is 0 Å². The summed E-state index contributed by atoms with van der Waals surface area (Å²) in [6.45, 7) is 2.35. The maximum absolute atomic E-state index is 13.9. The van der Waals surface area contributed by atoms with E-state index in [1.54, 1.807) is 0 Å². The van der Waals surface area contributed by atoms with Crippen molar-refractivity contribution in [3.05, 3.63) is 46.5 Å². The van der Waals surface area contributed by atoms with Gasteiger partial charge in [0.2, 0.25) is 0 Å². The Morgan fingerprint density at radius 3 is 2.44 bits per heavy atom. The van der Waals surface area contributed by atoms with Crippen molar-refractivity contribution in [3.8, 4) is 5.69 Å². The molecule has 0 aliphatic rings. The van der Waals surface area contributed by atoms with Gasteiger partial charge < -0.3 is 0 Å². The van der Waals surface area contributed by atoms with E-state index in [2.05, 4.69) is 15.3 Å². The molecule has 0 saturated carbocycles. The Morgan fingerprint density at radius 1 is 1.16 bits per heavy atom.